The third kappa shape index (κ3) is 5.99. The van der Waals surface area contributed by atoms with Crippen LogP contribution < -0.4 is 10.1 Å². The number of hydrogen-bond donors (Lipinski definition) is 1. The van der Waals surface area contributed by atoms with E-state index in [9.17, 15) is 4.79 Å². The predicted molar refractivity (Wildman–Crippen MR) is 98.6 cm³/mol. The van der Waals surface area contributed by atoms with Gasteiger partial charge in [-0.05, 0) is 63.4 Å². The number of benzene rings is 1. The first-order valence-electron chi connectivity index (χ1n) is 9.01. The molecule has 2 rings (SSSR count). The van der Waals surface area contributed by atoms with E-state index in [0.29, 0.717) is 23.7 Å². The molecule has 0 saturated carbocycles. The van der Waals surface area contributed by atoms with E-state index in [0.717, 1.165) is 18.9 Å². The van der Waals surface area contributed by atoms with Gasteiger partial charge in [0.15, 0.2) is 6.10 Å². The van der Waals surface area contributed by atoms with E-state index in [-0.39, 0.29) is 5.91 Å². The molecule has 24 heavy (non-hydrogen) atoms. The highest BCUT2D eigenvalue weighted by atomic mass is 35.5. The van der Waals surface area contributed by atoms with Crippen LogP contribution in [0, 0.1) is 5.92 Å². The molecular weight excluding hydrogens is 324 g/mol. The van der Waals surface area contributed by atoms with Gasteiger partial charge in [-0.3, -0.25) is 4.79 Å². The topological polar surface area (TPSA) is 41.6 Å². The Bertz CT molecular complexity index is 516. The first kappa shape index (κ1) is 19.1. The van der Waals surface area contributed by atoms with E-state index in [2.05, 4.69) is 17.1 Å². The molecule has 1 aromatic carbocycles. The number of hydrogen-bond acceptors (Lipinski definition) is 3. The normalized spacial score (nSPS) is 17.5. The molecule has 1 fully saturated rings. The molecule has 4 nitrogen and oxygen atoms in total. The minimum Gasteiger partial charge on any atom is -0.479 e. The van der Waals surface area contributed by atoms with Gasteiger partial charge in [0.1, 0.15) is 5.75 Å². The zero-order valence-corrected chi connectivity index (χ0v) is 15.5. The van der Waals surface area contributed by atoms with Gasteiger partial charge in [0, 0.05) is 6.54 Å². The zero-order chi connectivity index (χ0) is 17.4. The van der Waals surface area contributed by atoms with Crippen molar-refractivity contribution in [3.63, 3.8) is 0 Å². The maximum absolute atomic E-state index is 12.3. The lowest BCUT2D eigenvalue weighted by Gasteiger charge is -2.30. The molecule has 1 aromatic rings. The molecule has 0 unspecified atom stereocenters. The van der Waals surface area contributed by atoms with Crippen LogP contribution in [0.3, 0.4) is 0 Å². The maximum Gasteiger partial charge on any atom is 0.261 e. The van der Waals surface area contributed by atoms with Crippen LogP contribution in [0.2, 0.25) is 5.02 Å². The Balaban J connectivity index is 1.69. The van der Waals surface area contributed by atoms with Gasteiger partial charge >= 0.3 is 0 Å². The number of carbonyl (C=O) groups is 1. The number of carbonyl (C=O) groups excluding carboxylic acids is 1. The van der Waals surface area contributed by atoms with Crippen molar-refractivity contribution in [1.29, 1.82) is 0 Å². The number of amides is 1. The van der Waals surface area contributed by atoms with Crippen molar-refractivity contribution < 1.29 is 9.53 Å². The van der Waals surface area contributed by atoms with E-state index in [1.54, 1.807) is 12.1 Å². The number of para-hydroxylation sites is 1. The second kappa shape index (κ2) is 9.90. The van der Waals surface area contributed by atoms with Crippen LogP contribution in [0.25, 0.3) is 0 Å². The number of nitrogens with zero attached hydrogens (tertiary/aromatic N) is 1. The van der Waals surface area contributed by atoms with Crippen LogP contribution >= 0.6 is 11.6 Å². The Morgan fingerprint density at radius 3 is 2.75 bits per heavy atom. The minimum absolute atomic E-state index is 0.0651. The predicted octanol–water partition coefficient (Wildman–Crippen LogP) is 3.74. The third-order valence-electron chi connectivity index (χ3n) is 4.60. The number of likely N-dealkylation sites (tertiary alicyclic amines) is 1. The highest BCUT2D eigenvalue weighted by molar-refractivity contribution is 6.32. The van der Waals surface area contributed by atoms with E-state index >= 15 is 0 Å². The third-order valence-corrected chi connectivity index (χ3v) is 4.91. The monoisotopic (exact) mass is 352 g/mol. The summed E-state index contributed by atoms with van der Waals surface area (Å²) in [4.78, 5) is 14.8. The van der Waals surface area contributed by atoms with Gasteiger partial charge in [0.05, 0.1) is 5.02 Å². The first-order valence-corrected chi connectivity index (χ1v) is 9.39. The quantitative estimate of drug-likeness (QED) is 0.725. The number of rotatable bonds is 8. The Labute approximate surface area is 150 Å². The molecule has 1 atom stereocenters. The summed E-state index contributed by atoms with van der Waals surface area (Å²) in [6.07, 6.45) is 3.66. The van der Waals surface area contributed by atoms with Crippen molar-refractivity contribution in [2.75, 3.05) is 26.2 Å². The fourth-order valence-electron chi connectivity index (χ4n) is 2.93. The van der Waals surface area contributed by atoms with Crippen LogP contribution in [0.15, 0.2) is 24.3 Å². The Morgan fingerprint density at radius 2 is 2.08 bits per heavy atom. The second-order valence-corrected chi connectivity index (χ2v) is 7.02. The Kier molecular flexibility index (Phi) is 7.86. The summed E-state index contributed by atoms with van der Waals surface area (Å²) in [6.45, 7) is 8.37. The van der Waals surface area contributed by atoms with Gasteiger partial charge in [0.2, 0.25) is 0 Å². The fourth-order valence-corrected chi connectivity index (χ4v) is 3.11. The van der Waals surface area contributed by atoms with Gasteiger partial charge in [-0.1, -0.05) is 37.6 Å². The van der Waals surface area contributed by atoms with Crippen LogP contribution in [-0.2, 0) is 4.79 Å². The lowest BCUT2D eigenvalue weighted by Crippen LogP contribution is -2.40. The lowest BCUT2D eigenvalue weighted by molar-refractivity contribution is -0.128. The molecular formula is C19H29ClN2O2. The summed E-state index contributed by atoms with van der Waals surface area (Å²) in [5.74, 6) is 1.35. The van der Waals surface area contributed by atoms with Crippen LogP contribution in [0.5, 0.6) is 5.75 Å². The van der Waals surface area contributed by atoms with Crippen molar-refractivity contribution in [1.82, 2.24) is 10.2 Å². The molecule has 5 heteroatoms. The molecule has 1 aliphatic heterocycles. The van der Waals surface area contributed by atoms with E-state index in [4.69, 9.17) is 16.3 Å². The summed E-state index contributed by atoms with van der Waals surface area (Å²) in [6, 6.07) is 7.25. The van der Waals surface area contributed by atoms with E-state index in [1.165, 1.54) is 25.9 Å². The van der Waals surface area contributed by atoms with Gasteiger partial charge in [-0.25, -0.2) is 0 Å². The van der Waals surface area contributed by atoms with Gasteiger partial charge in [0.25, 0.3) is 5.91 Å². The maximum atomic E-state index is 12.3. The average molecular weight is 353 g/mol. The van der Waals surface area contributed by atoms with Crippen molar-refractivity contribution in [2.24, 2.45) is 5.92 Å². The van der Waals surface area contributed by atoms with Crippen molar-refractivity contribution in [3.8, 4) is 5.75 Å². The van der Waals surface area contributed by atoms with Crippen LogP contribution in [-0.4, -0.2) is 43.1 Å². The van der Waals surface area contributed by atoms with Crippen molar-refractivity contribution >= 4 is 17.5 Å². The molecule has 134 valence electrons. The van der Waals surface area contributed by atoms with Gasteiger partial charge in [-0.2, -0.15) is 0 Å². The molecule has 1 aliphatic rings. The molecule has 0 aliphatic carbocycles. The lowest BCUT2D eigenvalue weighted by atomic mass is 9.99. The van der Waals surface area contributed by atoms with Crippen LogP contribution in [0.1, 0.15) is 39.5 Å². The zero-order valence-electron chi connectivity index (χ0n) is 14.8. The smallest absolute Gasteiger partial charge is 0.261 e. The summed E-state index contributed by atoms with van der Waals surface area (Å²) < 4.78 is 5.76. The van der Waals surface area contributed by atoms with Crippen molar-refractivity contribution in [3.05, 3.63) is 29.3 Å². The molecule has 1 amide bonds. The number of piperidine rings is 1. The number of ether oxygens (including phenoxy) is 1. The summed E-state index contributed by atoms with van der Waals surface area (Å²) in [7, 11) is 0. The molecule has 0 spiro atoms. The van der Waals surface area contributed by atoms with E-state index in [1.807, 2.05) is 19.1 Å². The van der Waals surface area contributed by atoms with Gasteiger partial charge < -0.3 is 15.0 Å². The van der Waals surface area contributed by atoms with Gasteiger partial charge in [-0.15, -0.1) is 0 Å². The Hall–Kier alpha value is -1.26. The SMILES string of the molecule is CC[C@@H](Oc1ccccc1Cl)C(=O)NCCCN1CCC(C)CC1. The molecule has 1 heterocycles. The molecule has 0 aromatic heterocycles. The largest absolute Gasteiger partial charge is 0.479 e. The number of nitrogens with one attached hydrogen (secondary N) is 1. The molecule has 0 bridgehead atoms. The average Bonchev–Trinajstić information content (AvgIpc) is 2.59. The number of halogens is 1. The summed E-state index contributed by atoms with van der Waals surface area (Å²) >= 11 is 6.09. The highest BCUT2D eigenvalue weighted by Crippen LogP contribution is 2.24. The first-order chi connectivity index (χ1) is 11.6. The minimum atomic E-state index is -0.499. The highest BCUT2D eigenvalue weighted by Gasteiger charge is 2.19. The van der Waals surface area contributed by atoms with Crippen molar-refractivity contribution in [2.45, 2.75) is 45.6 Å². The summed E-state index contributed by atoms with van der Waals surface area (Å²) in [5, 5.41) is 3.52. The molecule has 0 radical (unpaired) electrons. The summed E-state index contributed by atoms with van der Waals surface area (Å²) in [5.41, 5.74) is 0. The van der Waals surface area contributed by atoms with E-state index < -0.39 is 6.10 Å². The second-order valence-electron chi connectivity index (χ2n) is 6.61. The van der Waals surface area contributed by atoms with Crippen LogP contribution in [0.4, 0.5) is 0 Å². The molecule has 1 saturated heterocycles. The standard InChI is InChI=1S/C19H29ClN2O2/c1-3-17(24-18-8-5-4-7-16(18)20)19(23)21-11-6-12-22-13-9-15(2)10-14-22/h4-5,7-8,15,17H,3,6,9-14H2,1-2H3,(H,21,23)/t17-/m1/s1. The fraction of sp³-hybridized carbons (Fsp3) is 0.632. The molecule has 1 N–H and O–H groups in total. The Morgan fingerprint density at radius 1 is 1.38 bits per heavy atom.